The zero-order chi connectivity index (χ0) is 17.9. The fourth-order valence-corrected chi connectivity index (χ4v) is 4.48. The summed E-state index contributed by atoms with van der Waals surface area (Å²) in [4.78, 5) is 52.6. The predicted molar refractivity (Wildman–Crippen MR) is 89.3 cm³/mol. The van der Waals surface area contributed by atoms with Gasteiger partial charge in [-0.3, -0.25) is 29.0 Å². The van der Waals surface area contributed by atoms with E-state index in [1.165, 1.54) is 11.9 Å². The molecule has 4 atom stereocenters. The number of amides is 4. The summed E-state index contributed by atoms with van der Waals surface area (Å²) < 4.78 is 0. The van der Waals surface area contributed by atoms with Crippen molar-refractivity contribution < 1.29 is 19.2 Å². The van der Waals surface area contributed by atoms with Gasteiger partial charge in [0, 0.05) is 7.05 Å². The van der Waals surface area contributed by atoms with E-state index >= 15 is 0 Å². The standard InChI is InChI=1S/C19H20N2O4/c1-3-10-4-6-11(7-5-10)21-18(24)14-8-12-13(9-15(14)19(21)25)17(23)20(2)16(12)22/h4-7,12-15H,3,8-9H2,1-2H3/t12-,13?,14?,15?/m0/s1. The molecule has 0 spiro atoms. The Balaban J connectivity index is 1.64. The fourth-order valence-electron chi connectivity index (χ4n) is 4.48. The van der Waals surface area contributed by atoms with Crippen LogP contribution >= 0.6 is 0 Å². The summed E-state index contributed by atoms with van der Waals surface area (Å²) in [6.45, 7) is 2.04. The van der Waals surface area contributed by atoms with Crippen LogP contribution in [0.3, 0.4) is 0 Å². The van der Waals surface area contributed by atoms with Crippen molar-refractivity contribution in [3.8, 4) is 0 Å². The topological polar surface area (TPSA) is 74.8 Å². The van der Waals surface area contributed by atoms with Gasteiger partial charge in [0.2, 0.25) is 23.6 Å². The molecule has 0 bridgehead atoms. The van der Waals surface area contributed by atoms with Gasteiger partial charge < -0.3 is 0 Å². The van der Waals surface area contributed by atoms with E-state index in [2.05, 4.69) is 0 Å². The highest BCUT2D eigenvalue weighted by atomic mass is 16.2. The third-order valence-electron chi connectivity index (χ3n) is 5.96. The average molecular weight is 340 g/mol. The normalized spacial score (nSPS) is 31.6. The summed E-state index contributed by atoms with van der Waals surface area (Å²) in [5.74, 6) is -2.85. The molecule has 25 heavy (non-hydrogen) atoms. The Labute approximate surface area is 145 Å². The van der Waals surface area contributed by atoms with Crippen LogP contribution in [0.4, 0.5) is 5.69 Å². The van der Waals surface area contributed by atoms with Crippen molar-refractivity contribution in [2.45, 2.75) is 26.2 Å². The Morgan fingerprint density at radius 2 is 1.24 bits per heavy atom. The number of rotatable bonds is 2. The van der Waals surface area contributed by atoms with Crippen LogP contribution in [0.15, 0.2) is 24.3 Å². The van der Waals surface area contributed by atoms with Crippen LogP contribution in [0.5, 0.6) is 0 Å². The van der Waals surface area contributed by atoms with Gasteiger partial charge in [0.1, 0.15) is 0 Å². The van der Waals surface area contributed by atoms with Crippen LogP contribution in [0.1, 0.15) is 25.3 Å². The first-order valence-corrected chi connectivity index (χ1v) is 8.72. The molecule has 1 aromatic carbocycles. The lowest BCUT2D eigenvalue weighted by molar-refractivity contribution is -0.138. The second-order valence-corrected chi connectivity index (χ2v) is 7.16. The van der Waals surface area contributed by atoms with E-state index in [1.54, 1.807) is 12.1 Å². The second kappa shape index (κ2) is 5.51. The van der Waals surface area contributed by atoms with Crippen LogP contribution in [-0.2, 0) is 25.6 Å². The zero-order valence-corrected chi connectivity index (χ0v) is 14.3. The molecule has 1 aromatic rings. The number of nitrogens with zero attached hydrogens (tertiary/aromatic N) is 2. The number of hydrogen-bond acceptors (Lipinski definition) is 4. The van der Waals surface area contributed by atoms with Crippen LogP contribution < -0.4 is 4.90 Å². The maximum Gasteiger partial charge on any atom is 0.237 e. The number of likely N-dealkylation sites (tertiary alicyclic amines) is 1. The van der Waals surface area contributed by atoms with E-state index in [9.17, 15) is 19.2 Å². The quantitative estimate of drug-likeness (QED) is 0.762. The number of carbonyl (C=O) groups excluding carboxylic acids is 4. The molecule has 4 rings (SSSR count). The van der Waals surface area contributed by atoms with Crippen LogP contribution in [0.25, 0.3) is 0 Å². The fraction of sp³-hybridized carbons (Fsp3) is 0.474. The van der Waals surface area contributed by atoms with Crippen molar-refractivity contribution in [2.24, 2.45) is 23.7 Å². The number of imide groups is 2. The minimum Gasteiger partial charge on any atom is -0.285 e. The van der Waals surface area contributed by atoms with Gasteiger partial charge in [-0.1, -0.05) is 19.1 Å². The summed E-state index contributed by atoms with van der Waals surface area (Å²) in [5.41, 5.74) is 1.70. The van der Waals surface area contributed by atoms with E-state index in [1.807, 2.05) is 19.1 Å². The molecule has 6 nitrogen and oxygen atoms in total. The first-order chi connectivity index (χ1) is 11.9. The molecule has 2 heterocycles. The highest BCUT2D eigenvalue weighted by Crippen LogP contribution is 2.48. The Bertz CT molecular complexity index is 743. The second-order valence-electron chi connectivity index (χ2n) is 7.16. The molecule has 130 valence electrons. The zero-order valence-electron chi connectivity index (χ0n) is 14.3. The average Bonchev–Trinajstić information content (AvgIpc) is 3.00. The largest absolute Gasteiger partial charge is 0.285 e. The Morgan fingerprint density at radius 1 is 0.800 bits per heavy atom. The van der Waals surface area contributed by atoms with Crippen molar-refractivity contribution in [1.82, 2.24) is 4.90 Å². The number of carbonyl (C=O) groups is 4. The SMILES string of the molecule is CCc1ccc(N2C(=O)C3CC4C(=O)N(C)C(=O)[C@H]4CC3C2=O)cc1. The van der Waals surface area contributed by atoms with E-state index in [0.717, 1.165) is 16.9 Å². The number of hydrogen-bond donors (Lipinski definition) is 0. The molecule has 3 unspecified atom stereocenters. The summed E-state index contributed by atoms with van der Waals surface area (Å²) >= 11 is 0. The predicted octanol–water partition coefficient (Wildman–Crippen LogP) is 1.38. The van der Waals surface area contributed by atoms with Gasteiger partial charge >= 0.3 is 0 Å². The van der Waals surface area contributed by atoms with E-state index in [0.29, 0.717) is 18.5 Å². The number of fused-ring (bicyclic) bond motifs is 2. The van der Waals surface area contributed by atoms with E-state index < -0.39 is 23.7 Å². The monoisotopic (exact) mass is 340 g/mol. The first kappa shape index (κ1) is 16.0. The Hall–Kier alpha value is -2.50. The summed E-state index contributed by atoms with van der Waals surface area (Å²) in [5, 5.41) is 0. The van der Waals surface area contributed by atoms with Gasteiger partial charge in [-0.25, -0.2) is 0 Å². The maximum atomic E-state index is 12.9. The minimum atomic E-state index is -0.497. The van der Waals surface area contributed by atoms with Gasteiger partial charge in [-0.15, -0.1) is 0 Å². The molecule has 0 aromatic heterocycles. The first-order valence-electron chi connectivity index (χ1n) is 8.72. The molecule has 0 N–H and O–H groups in total. The van der Waals surface area contributed by atoms with E-state index in [4.69, 9.17) is 0 Å². The van der Waals surface area contributed by atoms with Crippen molar-refractivity contribution in [3.63, 3.8) is 0 Å². The molecule has 2 saturated heterocycles. The number of aryl methyl sites for hydroxylation is 1. The molecular weight excluding hydrogens is 320 g/mol. The Morgan fingerprint density at radius 3 is 1.68 bits per heavy atom. The highest BCUT2D eigenvalue weighted by molar-refractivity contribution is 6.22. The summed E-state index contributed by atoms with van der Waals surface area (Å²) in [7, 11) is 1.48. The van der Waals surface area contributed by atoms with Gasteiger partial charge in [0.05, 0.1) is 29.4 Å². The lowest BCUT2D eigenvalue weighted by atomic mass is 9.70. The summed E-state index contributed by atoms with van der Waals surface area (Å²) in [6.07, 6.45) is 1.46. The van der Waals surface area contributed by atoms with Crippen LogP contribution in [-0.4, -0.2) is 35.6 Å². The van der Waals surface area contributed by atoms with E-state index in [-0.39, 0.29) is 23.6 Å². The van der Waals surface area contributed by atoms with Crippen molar-refractivity contribution in [1.29, 1.82) is 0 Å². The Kier molecular flexibility index (Phi) is 3.52. The van der Waals surface area contributed by atoms with Gasteiger partial charge in [-0.05, 0) is 37.0 Å². The lowest BCUT2D eigenvalue weighted by Crippen LogP contribution is -2.35. The van der Waals surface area contributed by atoms with Crippen LogP contribution in [0, 0.1) is 23.7 Å². The summed E-state index contributed by atoms with van der Waals surface area (Å²) in [6, 6.07) is 7.40. The maximum absolute atomic E-state index is 12.9. The highest BCUT2D eigenvalue weighted by Gasteiger charge is 2.59. The van der Waals surface area contributed by atoms with Gasteiger partial charge in [0.15, 0.2) is 0 Å². The molecule has 1 saturated carbocycles. The molecule has 2 aliphatic heterocycles. The van der Waals surface area contributed by atoms with Gasteiger partial charge in [0.25, 0.3) is 0 Å². The molecule has 3 fully saturated rings. The van der Waals surface area contributed by atoms with Crippen molar-refractivity contribution in [2.75, 3.05) is 11.9 Å². The molecular formula is C19H20N2O4. The third kappa shape index (κ3) is 2.16. The number of benzene rings is 1. The molecule has 1 aliphatic carbocycles. The molecule has 0 radical (unpaired) electrons. The minimum absolute atomic E-state index is 0.223. The smallest absolute Gasteiger partial charge is 0.237 e. The van der Waals surface area contributed by atoms with Crippen molar-refractivity contribution >= 4 is 29.3 Å². The van der Waals surface area contributed by atoms with Gasteiger partial charge in [-0.2, -0.15) is 0 Å². The number of anilines is 1. The van der Waals surface area contributed by atoms with Crippen molar-refractivity contribution in [3.05, 3.63) is 29.8 Å². The molecule has 3 aliphatic rings. The lowest BCUT2D eigenvalue weighted by Gasteiger charge is -2.28. The molecule has 6 heteroatoms. The molecule has 4 amide bonds. The van der Waals surface area contributed by atoms with Crippen LogP contribution in [0.2, 0.25) is 0 Å². The third-order valence-corrected chi connectivity index (χ3v) is 5.96.